The second kappa shape index (κ2) is 13.9. The third-order valence-electron chi connectivity index (χ3n) is 8.59. The van der Waals surface area contributed by atoms with Crippen molar-refractivity contribution >= 4 is 34.9 Å². The van der Waals surface area contributed by atoms with E-state index in [4.69, 9.17) is 28.2 Å². The molecule has 2 aliphatic heterocycles. The van der Waals surface area contributed by atoms with E-state index >= 15 is 0 Å². The zero-order valence-corrected chi connectivity index (χ0v) is 25.8. The average Bonchev–Trinajstić information content (AvgIpc) is 3.06. The van der Waals surface area contributed by atoms with E-state index in [0.717, 1.165) is 73.3 Å². The van der Waals surface area contributed by atoms with Crippen LogP contribution < -0.4 is 10.2 Å². The van der Waals surface area contributed by atoms with Gasteiger partial charge in [-0.05, 0) is 73.0 Å². The molecule has 2 saturated heterocycles. The predicted octanol–water partition coefficient (Wildman–Crippen LogP) is 6.77. The van der Waals surface area contributed by atoms with Crippen LogP contribution >= 0.6 is 23.2 Å². The van der Waals surface area contributed by atoms with Crippen molar-refractivity contribution in [3.05, 3.63) is 118 Å². The van der Waals surface area contributed by atoms with Gasteiger partial charge in [0.1, 0.15) is 5.82 Å². The van der Waals surface area contributed by atoms with Crippen LogP contribution in [0.1, 0.15) is 34.3 Å². The molecule has 0 atom stereocenters. The van der Waals surface area contributed by atoms with Gasteiger partial charge in [0, 0.05) is 67.1 Å². The van der Waals surface area contributed by atoms with E-state index in [1.165, 1.54) is 18.4 Å². The van der Waals surface area contributed by atoms with Crippen molar-refractivity contribution in [3.8, 4) is 11.1 Å². The summed E-state index contributed by atoms with van der Waals surface area (Å²) in [6.07, 6.45) is 4.10. The molecule has 3 aromatic carbocycles. The van der Waals surface area contributed by atoms with Crippen molar-refractivity contribution in [1.29, 1.82) is 0 Å². The molecule has 1 amide bonds. The third-order valence-corrected chi connectivity index (χ3v) is 9.09. The topological polar surface area (TPSA) is 51.7 Å². The number of likely N-dealkylation sites (tertiary alicyclic amines) is 1. The SMILES string of the molecule is O=C(NCc1ccc(Cl)cc1)c1cnc(N2CCN(C3CCN(Cc4ccc(Cl)cc4)CC3)CC2)c(-c2ccccc2)c1. The number of anilines is 1. The summed E-state index contributed by atoms with van der Waals surface area (Å²) < 4.78 is 0. The number of hydrogen-bond donors (Lipinski definition) is 1. The highest BCUT2D eigenvalue weighted by atomic mass is 35.5. The minimum Gasteiger partial charge on any atom is -0.354 e. The Morgan fingerprint density at radius 2 is 1.42 bits per heavy atom. The molecule has 4 aromatic rings. The van der Waals surface area contributed by atoms with E-state index in [2.05, 4.69) is 44.3 Å². The van der Waals surface area contributed by atoms with Crippen LogP contribution in [0.5, 0.6) is 0 Å². The molecule has 222 valence electrons. The average molecular weight is 615 g/mol. The first-order valence-electron chi connectivity index (χ1n) is 15.1. The first-order chi connectivity index (χ1) is 21.0. The Balaban J connectivity index is 1.08. The van der Waals surface area contributed by atoms with Crippen molar-refractivity contribution in [3.63, 3.8) is 0 Å². The number of piperidine rings is 1. The number of amides is 1. The van der Waals surface area contributed by atoms with Crippen molar-refractivity contribution in [2.45, 2.75) is 32.0 Å². The number of nitrogens with one attached hydrogen (secondary N) is 1. The smallest absolute Gasteiger partial charge is 0.253 e. The third kappa shape index (κ3) is 7.57. The molecule has 8 heteroatoms. The van der Waals surface area contributed by atoms with Crippen LogP contribution in [0.3, 0.4) is 0 Å². The fraction of sp³-hybridized carbons (Fsp3) is 0.314. The van der Waals surface area contributed by atoms with Crippen molar-refractivity contribution in [1.82, 2.24) is 20.1 Å². The lowest BCUT2D eigenvalue weighted by Gasteiger charge is -2.43. The summed E-state index contributed by atoms with van der Waals surface area (Å²) in [6, 6.07) is 28.6. The number of carbonyl (C=O) groups excluding carboxylic acids is 1. The maximum absolute atomic E-state index is 13.1. The van der Waals surface area contributed by atoms with Gasteiger partial charge in [-0.15, -0.1) is 0 Å². The Bertz CT molecular complexity index is 1500. The van der Waals surface area contributed by atoms with E-state index in [1.807, 2.05) is 60.7 Å². The lowest BCUT2D eigenvalue weighted by Crippen LogP contribution is -2.53. The largest absolute Gasteiger partial charge is 0.354 e. The molecule has 43 heavy (non-hydrogen) atoms. The van der Waals surface area contributed by atoms with Crippen LogP contribution in [0.2, 0.25) is 10.0 Å². The molecule has 0 aliphatic carbocycles. The maximum Gasteiger partial charge on any atom is 0.253 e. The molecule has 1 aromatic heterocycles. The van der Waals surface area contributed by atoms with Crippen LogP contribution in [0.25, 0.3) is 11.1 Å². The lowest BCUT2D eigenvalue weighted by atomic mass is 10.0. The zero-order chi connectivity index (χ0) is 29.6. The Kier molecular flexibility index (Phi) is 9.59. The number of aromatic nitrogens is 1. The van der Waals surface area contributed by atoms with Crippen LogP contribution in [0, 0.1) is 0 Å². The quantitative estimate of drug-likeness (QED) is 0.238. The van der Waals surface area contributed by atoms with E-state index in [1.54, 1.807) is 6.20 Å². The van der Waals surface area contributed by atoms with Gasteiger partial charge in [-0.25, -0.2) is 4.98 Å². The Labute approximate surface area is 264 Å². The molecule has 2 aliphatic rings. The molecule has 6 rings (SSSR count). The molecule has 0 spiro atoms. The van der Waals surface area contributed by atoms with E-state index in [9.17, 15) is 4.79 Å². The van der Waals surface area contributed by atoms with Crippen molar-refractivity contribution in [2.24, 2.45) is 0 Å². The fourth-order valence-corrected chi connectivity index (χ4v) is 6.39. The summed E-state index contributed by atoms with van der Waals surface area (Å²) in [7, 11) is 0. The number of nitrogens with zero attached hydrogens (tertiary/aromatic N) is 4. The minimum atomic E-state index is -0.140. The second-order valence-electron chi connectivity index (χ2n) is 11.4. The van der Waals surface area contributed by atoms with Gasteiger partial charge in [0.25, 0.3) is 5.91 Å². The zero-order valence-electron chi connectivity index (χ0n) is 24.3. The lowest BCUT2D eigenvalue weighted by molar-refractivity contribution is 0.0950. The Hall–Kier alpha value is -3.42. The van der Waals surface area contributed by atoms with Gasteiger partial charge in [-0.1, -0.05) is 77.8 Å². The summed E-state index contributed by atoms with van der Waals surface area (Å²) >= 11 is 12.1. The van der Waals surface area contributed by atoms with Gasteiger partial charge >= 0.3 is 0 Å². The highest BCUT2D eigenvalue weighted by molar-refractivity contribution is 6.30. The molecule has 0 unspecified atom stereocenters. The fourth-order valence-electron chi connectivity index (χ4n) is 6.14. The highest BCUT2D eigenvalue weighted by Crippen LogP contribution is 2.31. The maximum atomic E-state index is 13.1. The standard InChI is InChI=1S/C35H37Cl2N5O/c36-30-10-6-26(7-11-30)23-39-35(43)29-22-33(28-4-2-1-3-5-28)34(38-24-29)42-20-18-41(19-21-42)32-14-16-40(17-15-32)25-27-8-12-31(37)13-9-27/h1-13,22,24,32H,14-21,23,25H2,(H,39,43). The number of carbonyl (C=O) groups is 1. The van der Waals surface area contributed by atoms with Gasteiger partial charge in [0.2, 0.25) is 0 Å². The van der Waals surface area contributed by atoms with E-state index < -0.39 is 0 Å². The molecule has 0 saturated carbocycles. The molecular formula is C35H37Cl2N5O. The number of benzene rings is 3. The van der Waals surface area contributed by atoms with Gasteiger partial charge in [-0.3, -0.25) is 14.6 Å². The summed E-state index contributed by atoms with van der Waals surface area (Å²) in [6.45, 7) is 7.52. The van der Waals surface area contributed by atoms with Gasteiger partial charge in [0.05, 0.1) is 5.56 Å². The van der Waals surface area contributed by atoms with Crippen LogP contribution in [-0.4, -0.2) is 66.0 Å². The van der Waals surface area contributed by atoms with E-state index in [-0.39, 0.29) is 5.91 Å². The van der Waals surface area contributed by atoms with Crippen LogP contribution in [0.4, 0.5) is 5.82 Å². The number of hydrogen-bond acceptors (Lipinski definition) is 5. The first kappa shape index (κ1) is 29.6. The number of halogens is 2. The summed E-state index contributed by atoms with van der Waals surface area (Å²) in [5.41, 5.74) is 4.93. The van der Waals surface area contributed by atoms with E-state index in [0.29, 0.717) is 23.2 Å². The van der Waals surface area contributed by atoms with Gasteiger partial charge in [0.15, 0.2) is 0 Å². The van der Waals surface area contributed by atoms with Gasteiger partial charge in [-0.2, -0.15) is 0 Å². The Morgan fingerprint density at radius 3 is 2.07 bits per heavy atom. The summed E-state index contributed by atoms with van der Waals surface area (Å²) in [5, 5.41) is 4.49. The van der Waals surface area contributed by atoms with Crippen molar-refractivity contribution in [2.75, 3.05) is 44.2 Å². The number of rotatable bonds is 8. The first-order valence-corrected chi connectivity index (χ1v) is 15.8. The molecule has 6 nitrogen and oxygen atoms in total. The number of piperazine rings is 1. The number of pyridine rings is 1. The monoisotopic (exact) mass is 613 g/mol. The predicted molar refractivity (Wildman–Crippen MR) is 176 cm³/mol. The summed E-state index contributed by atoms with van der Waals surface area (Å²) in [4.78, 5) is 25.6. The second-order valence-corrected chi connectivity index (χ2v) is 12.3. The molecule has 0 bridgehead atoms. The summed E-state index contributed by atoms with van der Waals surface area (Å²) in [5.74, 6) is 0.802. The Morgan fingerprint density at radius 1 is 0.791 bits per heavy atom. The molecule has 3 heterocycles. The highest BCUT2D eigenvalue weighted by Gasteiger charge is 2.29. The normalized spacial score (nSPS) is 16.7. The molecule has 1 N–H and O–H groups in total. The molecule has 2 fully saturated rings. The molecular weight excluding hydrogens is 577 g/mol. The van der Waals surface area contributed by atoms with Gasteiger partial charge < -0.3 is 10.2 Å². The molecule has 0 radical (unpaired) electrons. The van der Waals surface area contributed by atoms with Crippen LogP contribution in [-0.2, 0) is 13.1 Å². The minimum absolute atomic E-state index is 0.140. The van der Waals surface area contributed by atoms with Crippen LogP contribution in [0.15, 0.2) is 91.1 Å². The van der Waals surface area contributed by atoms with Crippen molar-refractivity contribution < 1.29 is 4.79 Å².